The van der Waals surface area contributed by atoms with Gasteiger partial charge < -0.3 is 10.5 Å². The van der Waals surface area contributed by atoms with Crippen LogP contribution in [0, 0.1) is 6.92 Å². The van der Waals surface area contributed by atoms with Crippen molar-refractivity contribution in [2.45, 2.75) is 19.5 Å². The maximum atomic E-state index is 11.8. The van der Waals surface area contributed by atoms with Gasteiger partial charge in [-0.3, -0.25) is 0 Å². The summed E-state index contributed by atoms with van der Waals surface area (Å²) in [6.45, 7) is 1.14. The number of rotatable bonds is 3. The van der Waals surface area contributed by atoms with Gasteiger partial charge in [-0.1, -0.05) is 0 Å². The number of hydrogen-bond acceptors (Lipinski definition) is 4. The molecule has 0 saturated heterocycles. The SMILES string of the molecule is Cc1cc(N)nc(OCCC(F)(F)F)n1. The number of nitrogens with zero attached hydrogens (tertiary/aromatic N) is 2. The monoisotopic (exact) mass is 221 g/mol. The van der Waals surface area contributed by atoms with E-state index >= 15 is 0 Å². The molecule has 2 N–H and O–H groups in total. The van der Waals surface area contributed by atoms with Crippen LogP contribution >= 0.6 is 0 Å². The van der Waals surface area contributed by atoms with Gasteiger partial charge in [-0.2, -0.15) is 18.2 Å². The Balaban J connectivity index is 2.51. The average molecular weight is 221 g/mol. The van der Waals surface area contributed by atoms with Crippen LogP contribution in [-0.4, -0.2) is 22.8 Å². The molecule has 0 fully saturated rings. The second-order valence-corrected chi connectivity index (χ2v) is 2.93. The molecule has 0 atom stereocenters. The highest BCUT2D eigenvalue weighted by atomic mass is 19.4. The number of ether oxygens (including phenoxy) is 1. The smallest absolute Gasteiger partial charge is 0.392 e. The lowest BCUT2D eigenvalue weighted by atomic mass is 10.4. The Hall–Kier alpha value is -1.53. The topological polar surface area (TPSA) is 61.0 Å². The third-order valence-electron chi connectivity index (χ3n) is 1.47. The minimum absolute atomic E-state index is 0.128. The molecule has 0 bridgehead atoms. The summed E-state index contributed by atoms with van der Waals surface area (Å²) in [5.74, 6) is 0.171. The standard InChI is InChI=1S/C8H10F3N3O/c1-5-4-6(12)14-7(13-5)15-3-2-8(9,10)11/h4H,2-3H2,1H3,(H2,12,13,14). The first kappa shape index (κ1) is 11.5. The van der Waals surface area contributed by atoms with E-state index in [2.05, 4.69) is 9.97 Å². The first-order chi connectivity index (χ1) is 6.87. The summed E-state index contributed by atoms with van der Waals surface area (Å²) in [7, 11) is 0. The Morgan fingerprint density at radius 2 is 2.07 bits per heavy atom. The van der Waals surface area contributed by atoms with Crippen molar-refractivity contribution in [3.63, 3.8) is 0 Å². The van der Waals surface area contributed by atoms with E-state index in [9.17, 15) is 13.2 Å². The molecule has 1 heterocycles. The fourth-order valence-corrected chi connectivity index (χ4v) is 0.887. The van der Waals surface area contributed by atoms with Gasteiger partial charge in [-0.25, -0.2) is 4.98 Å². The Morgan fingerprint density at radius 3 is 2.60 bits per heavy atom. The van der Waals surface area contributed by atoms with Gasteiger partial charge >= 0.3 is 12.2 Å². The van der Waals surface area contributed by atoms with E-state index in [4.69, 9.17) is 10.5 Å². The molecular weight excluding hydrogens is 211 g/mol. The van der Waals surface area contributed by atoms with E-state index in [1.807, 2.05) is 0 Å². The lowest BCUT2D eigenvalue weighted by Crippen LogP contribution is -2.14. The fraction of sp³-hybridized carbons (Fsp3) is 0.500. The Kier molecular flexibility index (Phi) is 3.33. The quantitative estimate of drug-likeness (QED) is 0.843. The molecule has 84 valence electrons. The molecule has 0 aliphatic heterocycles. The number of aromatic nitrogens is 2. The molecule has 0 unspecified atom stereocenters. The second-order valence-electron chi connectivity index (χ2n) is 2.93. The molecule has 1 aromatic rings. The van der Waals surface area contributed by atoms with Gasteiger partial charge in [0.25, 0.3) is 0 Å². The summed E-state index contributed by atoms with van der Waals surface area (Å²) in [6, 6.07) is 1.37. The van der Waals surface area contributed by atoms with Crippen LogP contribution in [0.4, 0.5) is 19.0 Å². The normalized spacial score (nSPS) is 11.5. The molecule has 1 aromatic heterocycles. The van der Waals surface area contributed by atoms with Crippen molar-refractivity contribution in [3.8, 4) is 6.01 Å². The number of aryl methyl sites for hydroxylation is 1. The van der Waals surface area contributed by atoms with Crippen LogP contribution in [-0.2, 0) is 0 Å². The van der Waals surface area contributed by atoms with Crippen molar-refractivity contribution in [2.75, 3.05) is 12.3 Å². The first-order valence-electron chi connectivity index (χ1n) is 4.17. The molecular formula is C8H10F3N3O. The number of nitrogen functional groups attached to an aromatic ring is 1. The molecule has 7 heteroatoms. The lowest BCUT2D eigenvalue weighted by molar-refractivity contribution is -0.139. The van der Waals surface area contributed by atoms with Gasteiger partial charge in [-0.15, -0.1) is 0 Å². The first-order valence-corrected chi connectivity index (χ1v) is 4.17. The van der Waals surface area contributed by atoms with Gasteiger partial charge in [0.2, 0.25) is 0 Å². The molecule has 15 heavy (non-hydrogen) atoms. The molecule has 0 saturated carbocycles. The van der Waals surface area contributed by atoms with E-state index in [0.717, 1.165) is 0 Å². The average Bonchev–Trinajstić information content (AvgIpc) is 1.99. The summed E-state index contributed by atoms with van der Waals surface area (Å²) in [5.41, 5.74) is 5.91. The van der Waals surface area contributed by atoms with Crippen LogP contribution < -0.4 is 10.5 Å². The predicted molar refractivity (Wildman–Crippen MR) is 47.3 cm³/mol. The van der Waals surface area contributed by atoms with Crippen molar-refractivity contribution >= 4 is 5.82 Å². The van der Waals surface area contributed by atoms with Gasteiger partial charge in [0.15, 0.2) is 0 Å². The highest BCUT2D eigenvalue weighted by Gasteiger charge is 2.27. The van der Waals surface area contributed by atoms with Crippen LogP contribution in [0.1, 0.15) is 12.1 Å². The van der Waals surface area contributed by atoms with E-state index in [0.29, 0.717) is 5.69 Å². The van der Waals surface area contributed by atoms with Crippen LogP contribution in [0.2, 0.25) is 0 Å². The molecule has 0 amide bonds. The van der Waals surface area contributed by atoms with Gasteiger partial charge in [-0.05, 0) is 6.92 Å². The number of anilines is 1. The van der Waals surface area contributed by atoms with E-state index in [1.165, 1.54) is 6.07 Å². The minimum atomic E-state index is -4.24. The molecule has 0 aromatic carbocycles. The maximum Gasteiger partial charge on any atom is 0.392 e. The molecule has 4 nitrogen and oxygen atoms in total. The van der Waals surface area contributed by atoms with Crippen LogP contribution in [0.3, 0.4) is 0 Å². The Labute approximate surface area is 84.3 Å². The van der Waals surface area contributed by atoms with Crippen LogP contribution in [0.25, 0.3) is 0 Å². The number of halogens is 3. The minimum Gasteiger partial charge on any atom is -0.463 e. The van der Waals surface area contributed by atoms with Crippen molar-refractivity contribution in [3.05, 3.63) is 11.8 Å². The van der Waals surface area contributed by atoms with Crippen molar-refractivity contribution in [1.82, 2.24) is 9.97 Å². The van der Waals surface area contributed by atoms with Gasteiger partial charge in [0.05, 0.1) is 6.42 Å². The molecule has 1 rings (SSSR count). The fourth-order valence-electron chi connectivity index (χ4n) is 0.887. The van der Waals surface area contributed by atoms with Crippen molar-refractivity contribution in [1.29, 1.82) is 0 Å². The molecule has 0 radical (unpaired) electrons. The Bertz CT molecular complexity index is 320. The van der Waals surface area contributed by atoms with Gasteiger partial charge in [0, 0.05) is 11.8 Å². The predicted octanol–water partition coefficient (Wildman–Crippen LogP) is 1.70. The van der Waals surface area contributed by atoms with Crippen LogP contribution in [0.15, 0.2) is 6.07 Å². The zero-order valence-electron chi connectivity index (χ0n) is 8.01. The molecule has 0 aliphatic rings. The van der Waals surface area contributed by atoms with Crippen molar-refractivity contribution < 1.29 is 17.9 Å². The number of alkyl halides is 3. The molecule has 0 aliphatic carbocycles. The number of hydrogen-bond donors (Lipinski definition) is 1. The van der Waals surface area contributed by atoms with E-state index in [1.54, 1.807) is 6.92 Å². The maximum absolute atomic E-state index is 11.8. The van der Waals surface area contributed by atoms with Crippen molar-refractivity contribution in [2.24, 2.45) is 0 Å². The van der Waals surface area contributed by atoms with Crippen LogP contribution in [0.5, 0.6) is 6.01 Å². The molecule has 0 spiro atoms. The third-order valence-corrected chi connectivity index (χ3v) is 1.47. The highest BCUT2D eigenvalue weighted by Crippen LogP contribution is 2.19. The summed E-state index contributed by atoms with van der Waals surface area (Å²) in [4.78, 5) is 7.40. The zero-order chi connectivity index (χ0) is 11.5. The second kappa shape index (κ2) is 4.33. The van der Waals surface area contributed by atoms with E-state index in [-0.39, 0.29) is 11.8 Å². The number of nitrogens with two attached hydrogens (primary N) is 1. The zero-order valence-corrected chi connectivity index (χ0v) is 8.01. The lowest BCUT2D eigenvalue weighted by Gasteiger charge is -2.07. The Morgan fingerprint density at radius 1 is 1.40 bits per heavy atom. The highest BCUT2D eigenvalue weighted by molar-refractivity contribution is 5.30. The summed E-state index contributed by atoms with van der Waals surface area (Å²) in [5, 5.41) is 0. The summed E-state index contributed by atoms with van der Waals surface area (Å²) < 4.78 is 40.0. The summed E-state index contributed by atoms with van der Waals surface area (Å²) in [6.07, 6.45) is -5.28. The summed E-state index contributed by atoms with van der Waals surface area (Å²) >= 11 is 0. The third kappa shape index (κ3) is 4.48. The van der Waals surface area contributed by atoms with Gasteiger partial charge in [0.1, 0.15) is 12.4 Å². The largest absolute Gasteiger partial charge is 0.463 e. The van der Waals surface area contributed by atoms with E-state index < -0.39 is 19.2 Å².